The molecule has 0 atom stereocenters. The number of hydrogen-bond donors (Lipinski definition) is 1. The quantitative estimate of drug-likeness (QED) is 0.539. The largest absolute Gasteiger partial charge is 0.358 e. The Morgan fingerprint density at radius 2 is 2.14 bits per heavy atom. The van der Waals surface area contributed by atoms with Gasteiger partial charge in [-0.3, -0.25) is 0 Å². The summed E-state index contributed by atoms with van der Waals surface area (Å²) in [6.07, 6.45) is 1.73. The van der Waals surface area contributed by atoms with Crippen LogP contribution in [0.5, 0.6) is 0 Å². The standard InChI is InChI=1S/C10H18FN3/c1-3-10(11)8-13-9(2)14-6-4-12-5-7-14/h8,12H,3-7H2,1-2H3/b10-8+,13-9?. The molecule has 0 radical (unpaired) electrons. The Bertz CT molecular complexity index is 230. The van der Waals surface area contributed by atoms with Gasteiger partial charge in [-0.25, -0.2) is 9.38 Å². The van der Waals surface area contributed by atoms with Gasteiger partial charge in [0.05, 0.1) is 6.20 Å². The van der Waals surface area contributed by atoms with Crippen molar-refractivity contribution in [2.24, 2.45) is 4.99 Å². The minimum Gasteiger partial charge on any atom is -0.358 e. The highest BCUT2D eigenvalue weighted by atomic mass is 19.1. The maximum absolute atomic E-state index is 12.8. The van der Waals surface area contributed by atoms with Crippen molar-refractivity contribution in [2.75, 3.05) is 26.2 Å². The van der Waals surface area contributed by atoms with Gasteiger partial charge in [0.2, 0.25) is 0 Å². The highest BCUT2D eigenvalue weighted by molar-refractivity contribution is 5.80. The molecule has 0 amide bonds. The van der Waals surface area contributed by atoms with Crippen molar-refractivity contribution < 1.29 is 4.39 Å². The number of allylic oxidation sites excluding steroid dienone is 1. The average molecular weight is 199 g/mol. The van der Waals surface area contributed by atoms with Gasteiger partial charge >= 0.3 is 0 Å². The minimum absolute atomic E-state index is 0.167. The van der Waals surface area contributed by atoms with E-state index in [9.17, 15) is 4.39 Å². The number of nitrogens with one attached hydrogen (secondary N) is 1. The summed E-state index contributed by atoms with van der Waals surface area (Å²) in [5.74, 6) is 0.731. The molecule has 0 unspecified atom stereocenters. The summed E-state index contributed by atoms with van der Waals surface area (Å²) in [5.41, 5.74) is 0. The van der Waals surface area contributed by atoms with Crippen molar-refractivity contribution in [2.45, 2.75) is 20.3 Å². The highest BCUT2D eigenvalue weighted by Gasteiger charge is 2.09. The maximum Gasteiger partial charge on any atom is 0.118 e. The molecule has 0 aromatic carbocycles. The SMILES string of the molecule is CC/C(F)=C\N=C(C)N1CCNCC1. The summed E-state index contributed by atoms with van der Waals surface area (Å²) in [5, 5.41) is 3.26. The van der Waals surface area contributed by atoms with E-state index in [-0.39, 0.29) is 5.83 Å². The lowest BCUT2D eigenvalue weighted by Gasteiger charge is -2.28. The van der Waals surface area contributed by atoms with E-state index in [1.165, 1.54) is 6.20 Å². The van der Waals surface area contributed by atoms with E-state index in [2.05, 4.69) is 15.2 Å². The number of amidine groups is 1. The van der Waals surface area contributed by atoms with Gasteiger partial charge < -0.3 is 10.2 Å². The smallest absolute Gasteiger partial charge is 0.118 e. The van der Waals surface area contributed by atoms with Crippen molar-refractivity contribution in [1.82, 2.24) is 10.2 Å². The lowest BCUT2D eigenvalue weighted by atomic mass is 10.3. The monoisotopic (exact) mass is 199 g/mol. The molecule has 1 fully saturated rings. The van der Waals surface area contributed by atoms with E-state index in [1.807, 2.05) is 6.92 Å². The number of piperazine rings is 1. The van der Waals surface area contributed by atoms with Crippen LogP contribution in [0, 0.1) is 0 Å². The molecule has 1 N–H and O–H groups in total. The van der Waals surface area contributed by atoms with Crippen LogP contribution in [0.3, 0.4) is 0 Å². The fourth-order valence-electron chi connectivity index (χ4n) is 1.32. The molecular formula is C10H18FN3. The molecule has 0 spiro atoms. The first-order valence-electron chi connectivity index (χ1n) is 5.08. The third-order valence-corrected chi connectivity index (χ3v) is 2.30. The molecule has 80 valence electrons. The van der Waals surface area contributed by atoms with Crippen LogP contribution in [-0.2, 0) is 0 Å². The molecule has 0 aliphatic carbocycles. The van der Waals surface area contributed by atoms with Crippen molar-refractivity contribution in [3.63, 3.8) is 0 Å². The van der Waals surface area contributed by atoms with Gasteiger partial charge in [0.1, 0.15) is 11.7 Å². The first-order chi connectivity index (χ1) is 6.74. The zero-order valence-electron chi connectivity index (χ0n) is 8.89. The first kappa shape index (κ1) is 11.2. The molecule has 3 nitrogen and oxygen atoms in total. The first-order valence-corrected chi connectivity index (χ1v) is 5.08. The van der Waals surface area contributed by atoms with Gasteiger partial charge in [0, 0.05) is 26.2 Å². The Morgan fingerprint density at radius 3 is 2.71 bits per heavy atom. The van der Waals surface area contributed by atoms with Crippen LogP contribution in [0.4, 0.5) is 4.39 Å². The van der Waals surface area contributed by atoms with Gasteiger partial charge in [-0.2, -0.15) is 0 Å². The van der Waals surface area contributed by atoms with Crippen LogP contribution >= 0.6 is 0 Å². The molecule has 0 bridgehead atoms. The Kier molecular flexibility index (Phi) is 4.59. The predicted molar refractivity (Wildman–Crippen MR) is 57.0 cm³/mol. The van der Waals surface area contributed by atoms with E-state index in [0.29, 0.717) is 6.42 Å². The van der Waals surface area contributed by atoms with E-state index in [0.717, 1.165) is 32.0 Å². The Labute approximate surface area is 84.7 Å². The van der Waals surface area contributed by atoms with E-state index >= 15 is 0 Å². The van der Waals surface area contributed by atoms with Gasteiger partial charge in [0.15, 0.2) is 0 Å². The molecule has 1 aliphatic heterocycles. The normalized spacial score (nSPS) is 20.1. The van der Waals surface area contributed by atoms with Crippen molar-refractivity contribution in [3.8, 4) is 0 Å². The fraction of sp³-hybridized carbons (Fsp3) is 0.700. The third kappa shape index (κ3) is 3.46. The Balaban J connectivity index is 2.49. The lowest BCUT2D eigenvalue weighted by molar-refractivity contribution is 0.355. The minimum atomic E-state index is -0.167. The summed E-state index contributed by atoms with van der Waals surface area (Å²) in [6.45, 7) is 7.57. The summed E-state index contributed by atoms with van der Waals surface area (Å²) in [6, 6.07) is 0. The third-order valence-electron chi connectivity index (χ3n) is 2.30. The van der Waals surface area contributed by atoms with Crippen LogP contribution in [0.25, 0.3) is 0 Å². The number of rotatable bonds is 2. The second-order valence-electron chi connectivity index (χ2n) is 3.34. The van der Waals surface area contributed by atoms with Gasteiger partial charge in [0.25, 0.3) is 0 Å². The molecule has 4 heteroatoms. The van der Waals surface area contributed by atoms with Crippen LogP contribution in [0.15, 0.2) is 17.0 Å². The van der Waals surface area contributed by atoms with Crippen LogP contribution in [-0.4, -0.2) is 36.9 Å². The average Bonchev–Trinajstić information content (AvgIpc) is 2.26. The summed E-state index contributed by atoms with van der Waals surface area (Å²) >= 11 is 0. The van der Waals surface area contributed by atoms with Crippen molar-refractivity contribution in [1.29, 1.82) is 0 Å². The molecular weight excluding hydrogens is 181 g/mol. The van der Waals surface area contributed by atoms with E-state index < -0.39 is 0 Å². The van der Waals surface area contributed by atoms with E-state index in [4.69, 9.17) is 0 Å². The summed E-state index contributed by atoms with van der Waals surface area (Å²) < 4.78 is 12.8. The van der Waals surface area contributed by atoms with Gasteiger partial charge in [-0.1, -0.05) is 6.92 Å². The molecule has 1 aliphatic rings. The molecule has 0 aromatic heterocycles. The van der Waals surface area contributed by atoms with E-state index in [1.54, 1.807) is 6.92 Å². The second kappa shape index (κ2) is 5.75. The Hall–Kier alpha value is -0.900. The Morgan fingerprint density at radius 1 is 1.50 bits per heavy atom. The molecule has 1 heterocycles. The number of halogens is 1. The number of nitrogens with zero attached hydrogens (tertiary/aromatic N) is 2. The zero-order chi connectivity index (χ0) is 10.4. The fourth-order valence-corrected chi connectivity index (χ4v) is 1.32. The molecule has 14 heavy (non-hydrogen) atoms. The molecule has 1 rings (SSSR count). The molecule has 0 aromatic rings. The van der Waals surface area contributed by atoms with Crippen LogP contribution in [0.2, 0.25) is 0 Å². The number of aliphatic imine (C=N–C) groups is 1. The second-order valence-corrected chi connectivity index (χ2v) is 3.34. The summed E-state index contributed by atoms with van der Waals surface area (Å²) in [4.78, 5) is 6.26. The van der Waals surface area contributed by atoms with Crippen molar-refractivity contribution >= 4 is 5.84 Å². The zero-order valence-corrected chi connectivity index (χ0v) is 8.89. The summed E-state index contributed by atoms with van der Waals surface area (Å²) in [7, 11) is 0. The lowest BCUT2D eigenvalue weighted by Crippen LogP contribution is -2.45. The van der Waals surface area contributed by atoms with Gasteiger partial charge in [-0.15, -0.1) is 0 Å². The highest BCUT2D eigenvalue weighted by Crippen LogP contribution is 2.02. The number of hydrogen-bond acceptors (Lipinski definition) is 2. The van der Waals surface area contributed by atoms with Gasteiger partial charge in [-0.05, 0) is 13.3 Å². The topological polar surface area (TPSA) is 27.6 Å². The van der Waals surface area contributed by atoms with Crippen LogP contribution in [0.1, 0.15) is 20.3 Å². The predicted octanol–water partition coefficient (Wildman–Crippen LogP) is 1.53. The van der Waals surface area contributed by atoms with Crippen LogP contribution < -0.4 is 5.32 Å². The molecule has 1 saturated heterocycles. The maximum atomic E-state index is 12.8. The molecule has 0 saturated carbocycles. The van der Waals surface area contributed by atoms with Crippen molar-refractivity contribution in [3.05, 3.63) is 12.0 Å².